The van der Waals surface area contributed by atoms with Crippen LogP contribution in [0.3, 0.4) is 0 Å². The van der Waals surface area contributed by atoms with Crippen LogP contribution in [0.4, 0.5) is 14.7 Å². The lowest BCUT2D eigenvalue weighted by Crippen LogP contribution is -2.33. The van der Waals surface area contributed by atoms with Gasteiger partial charge in [-0.1, -0.05) is 6.07 Å². The van der Waals surface area contributed by atoms with Gasteiger partial charge in [0.2, 0.25) is 16.0 Å². The Hall–Kier alpha value is -4.18. The zero-order chi connectivity index (χ0) is 28.3. The van der Waals surface area contributed by atoms with Crippen molar-refractivity contribution in [1.82, 2.24) is 34.5 Å². The molecule has 0 bridgehead atoms. The van der Waals surface area contributed by atoms with Crippen molar-refractivity contribution in [2.75, 3.05) is 26.1 Å². The Morgan fingerprint density at radius 2 is 1.69 bits per heavy atom. The van der Waals surface area contributed by atoms with E-state index in [0.29, 0.717) is 16.1 Å². The molecule has 0 unspecified atom stereocenters. The number of alkyl halides is 2. The molecule has 3 aromatic heterocycles. The molecule has 1 aromatic carbocycles. The Balaban J connectivity index is 1.84. The highest BCUT2D eigenvalue weighted by Gasteiger charge is 2.34. The molecular formula is C23H26F2N8O5S. The van der Waals surface area contributed by atoms with Crippen LogP contribution in [0.5, 0.6) is 11.5 Å². The highest BCUT2D eigenvalue weighted by molar-refractivity contribution is 7.93. The van der Waals surface area contributed by atoms with Gasteiger partial charge in [0.25, 0.3) is 0 Å². The van der Waals surface area contributed by atoms with Crippen molar-refractivity contribution >= 4 is 16.0 Å². The molecule has 2 atom stereocenters. The third-order valence-electron chi connectivity index (χ3n) is 5.82. The molecule has 4 rings (SSSR count). The number of nitrogens with zero attached hydrogens (tertiary/aromatic N) is 7. The fraction of sp³-hybridized carbons (Fsp3) is 0.348. The molecule has 1 N–H and O–H groups in total. The van der Waals surface area contributed by atoms with E-state index < -0.39 is 27.9 Å². The second-order valence-electron chi connectivity index (χ2n) is 8.24. The number of hydrogen-bond acceptors (Lipinski definition) is 10. The molecule has 0 spiro atoms. The molecule has 0 radical (unpaired) electrons. The lowest BCUT2D eigenvalue weighted by Gasteiger charge is -2.23. The van der Waals surface area contributed by atoms with E-state index in [9.17, 15) is 17.2 Å². The van der Waals surface area contributed by atoms with Crippen LogP contribution in [0.15, 0.2) is 42.9 Å². The maximum Gasteiger partial charge on any atom is 0.333 e. The van der Waals surface area contributed by atoms with E-state index in [0.717, 1.165) is 6.20 Å². The Labute approximate surface area is 222 Å². The van der Waals surface area contributed by atoms with Crippen LogP contribution in [-0.2, 0) is 14.8 Å². The van der Waals surface area contributed by atoms with Crippen LogP contribution in [0, 0.1) is 6.92 Å². The molecule has 39 heavy (non-hydrogen) atoms. The fourth-order valence-corrected chi connectivity index (χ4v) is 4.98. The monoisotopic (exact) mass is 564 g/mol. The quantitative estimate of drug-likeness (QED) is 0.288. The van der Waals surface area contributed by atoms with Gasteiger partial charge in [-0.25, -0.2) is 13.1 Å². The van der Waals surface area contributed by atoms with E-state index in [4.69, 9.17) is 14.2 Å². The molecule has 0 saturated carbocycles. The van der Waals surface area contributed by atoms with Crippen LogP contribution in [-0.4, -0.2) is 69.5 Å². The maximum absolute atomic E-state index is 13.6. The summed E-state index contributed by atoms with van der Waals surface area (Å²) in [6, 6.07) is 6.18. The lowest BCUT2D eigenvalue weighted by atomic mass is 10.2. The number of halogens is 2. The molecule has 13 nitrogen and oxygen atoms in total. The summed E-state index contributed by atoms with van der Waals surface area (Å²) in [6.45, 7) is 0.292. The minimum Gasteiger partial charge on any atom is -0.494 e. The molecule has 208 valence electrons. The van der Waals surface area contributed by atoms with E-state index in [1.165, 1.54) is 51.3 Å². The highest BCUT2D eigenvalue weighted by Crippen LogP contribution is 2.38. The first kappa shape index (κ1) is 27.8. The van der Waals surface area contributed by atoms with Gasteiger partial charge in [-0.3, -0.25) is 19.3 Å². The first-order valence-electron chi connectivity index (χ1n) is 11.4. The van der Waals surface area contributed by atoms with Gasteiger partial charge in [0, 0.05) is 19.5 Å². The standard InChI is InChI=1S/C23H26F2N8O5S/c1-13-11-27-16(12-26-13)20(38-5)14(2)39(34,35)31-23-29-28-21(15-9-10-32(30-15)22(24)25)33(23)19-17(36-3)7-6-8-18(19)37-4/h6-12,14,20,22H,1-5H3,(H,29,31)/t14-,20-/m0/s1. The average molecular weight is 565 g/mol. The SMILES string of the molecule is COc1cccc(OC)c1-n1c(NS(=O)(=O)[C@@H](C)[C@H](OC)c2cnc(C)cn2)nnc1-c1ccn(C(F)F)n1. The molecule has 3 heterocycles. The smallest absolute Gasteiger partial charge is 0.333 e. The largest absolute Gasteiger partial charge is 0.494 e. The maximum atomic E-state index is 13.6. The number of aromatic nitrogens is 7. The second-order valence-corrected chi connectivity index (χ2v) is 10.3. The van der Waals surface area contributed by atoms with Crippen molar-refractivity contribution in [1.29, 1.82) is 0 Å². The predicted molar refractivity (Wildman–Crippen MR) is 135 cm³/mol. The number of sulfonamides is 1. The molecule has 0 aliphatic heterocycles. The van der Waals surface area contributed by atoms with E-state index in [-0.39, 0.29) is 34.7 Å². The van der Waals surface area contributed by atoms with Crippen molar-refractivity contribution in [2.24, 2.45) is 0 Å². The Morgan fingerprint density at radius 3 is 2.23 bits per heavy atom. The predicted octanol–water partition coefficient (Wildman–Crippen LogP) is 3.16. The summed E-state index contributed by atoms with van der Waals surface area (Å²) in [4.78, 5) is 8.41. The molecule has 0 aliphatic carbocycles. The third-order valence-corrected chi connectivity index (χ3v) is 7.51. The average Bonchev–Trinajstić information content (AvgIpc) is 3.56. The third kappa shape index (κ3) is 5.51. The number of nitrogens with one attached hydrogen (secondary N) is 1. The first-order chi connectivity index (χ1) is 18.6. The summed E-state index contributed by atoms with van der Waals surface area (Å²) in [5, 5.41) is 10.8. The summed E-state index contributed by atoms with van der Waals surface area (Å²) in [5.41, 5.74) is 1.18. The molecule has 16 heteroatoms. The topological polar surface area (TPSA) is 148 Å². The van der Waals surface area contributed by atoms with Gasteiger partial charge >= 0.3 is 6.55 Å². The molecule has 0 amide bonds. The molecular weight excluding hydrogens is 538 g/mol. The van der Waals surface area contributed by atoms with Crippen LogP contribution in [0.2, 0.25) is 0 Å². The zero-order valence-corrected chi connectivity index (χ0v) is 22.4. The summed E-state index contributed by atoms with van der Waals surface area (Å²) in [6.07, 6.45) is 3.03. The van der Waals surface area contributed by atoms with Crippen LogP contribution < -0.4 is 14.2 Å². The molecule has 0 saturated heterocycles. The van der Waals surface area contributed by atoms with Gasteiger partial charge in [-0.2, -0.15) is 13.9 Å². The van der Waals surface area contributed by atoms with Crippen LogP contribution >= 0.6 is 0 Å². The van der Waals surface area contributed by atoms with E-state index in [1.54, 1.807) is 25.1 Å². The van der Waals surface area contributed by atoms with E-state index in [2.05, 4.69) is 30.0 Å². The van der Waals surface area contributed by atoms with Gasteiger partial charge in [0.05, 0.1) is 31.8 Å². The summed E-state index contributed by atoms with van der Waals surface area (Å²) in [7, 11) is -0.0475. The van der Waals surface area contributed by atoms with Crippen molar-refractivity contribution in [3.63, 3.8) is 0 Å². The number of anilines is 1. The number of methoxy groups -OCH3 is 3. The highest BCUT2D eigenvalue weighted by atomic mass is 32.2. The van der Waals surface area contributed by atoms with Crippen LogP contribution in [0.1, 0.15) is 31.0 Å². The second kappa shape index (κ2) is 11.3. The minimum atomic E-state index is -4.22. The molecule has 0 fully saturated rings. The number of hydrogen-bond donors (Lipinski definition) is 1. The zero-order valence-electron chi connectivity index (χ0n) is 21.6. The Morgan fingerprint density at radius 1 is 1.00 bits per heavy atom. The number of para-hydroxylation sites is 1. The van der Waals surface area contributed by atoms with E-state index >= 15 is 0 Å². The first-order valence-corrected chi connectivity index (χ1v) is 13.0. The van der Waals surface area contributed by atoms with Gasteiger partial charge in [0.15, 0.2) is 5.82 Å². The molecule has 4 aromatic rings. The summed E-state index contributed by atoms with van der Waals surface area (Å²) >= 11 is 0. The number of rotatable bonds is 11. The molecule has 0 aliphatic rings. The van der Waals surface area contributed by atoms with Crippen molar-refractivity contribution < 1.29 is 31.4 Å². The Kier molecular flexibility index (Phi) is 8.06. The van der Waals surface area contributed by atoms with Gasteiger partial charge in [0.1, 0.15) is 34.2 Å². The van der Waals surface area contributed by atoms with E-state index in [1.807, 2.05) is 0 Å². The number of ether oxygens (including phenoxy) is 3. The normalized spacial score (nSPS) is 13.3. The van der Waals surface area contributed by atoms with Crippen molar-refractivity contribution in [3.8, 4) is 28.7 Å². The van der Waals surface area contributed by atoms with Gasteiger partial charge in [-0.15, -0.1) is 10.2 Å². The van der Waals surface area contributed by atoms with Crippen LogP contribution in [0.25, 0.3) is 17.2 Å². The lowest BCUT2D eigenvalue weighted by molar-refractivity contribution is 0.0568. The van der Waals surface area contributed by atoms with Gasteiger partial charge in [-0.05, 0) is 32.0 Å². The Bertz CT molecular complexity index is 1520. The van der Waals surface area contributed by atoms with Gasteiger partial charge < -0.3 is 14.2 Å². The minimum absolute atomic E-state index is 0.000969. The van der Waals surface area contributed by atoms with Crippen molar-refractivity contribution in [3.05, 3.63) is 54.2 Å². The summed E-state index contributed by atoms with van der Waals surface area (Å²) < 4.78 is 74.2. The van der Waals surface area contributed by atoms with Crippen molar-refractivity contribution in [2.45, 2.75) is 31.8 Å². The number of benzene rings is 1. The number of aryl methyl sites for hydroxylation is 1. The summed E-state index contributed by atoms with van der Waals surface area (Å²) in [5.74, 6) is 0.218. The fourth-order valence-electron chi connectivity index (χ4n) is 3.83.